The number of nitrogens with one attached hydrogen (secondary N) is 1. The van der Waals surface area contributed by atoms with Crippen molar-refractivity contribution in [3.8, 4) is 0 Å². The van der Waals surface area contributed by atoms with E-state index in [-0.39, 0.29) is 16.8 Å². The van der Waals surface area contributed by atoms with Crippen LogP contribution in [0.2, 0.25) is 0 Å². The van der Waals surface area contributed by atoms with Crippen LogP contribution < -0.4 is 11.1 Å². The maximum atomic E-state index is 12.8. The first kappa shape index (κ1) is 16.1. The number of aliphatic hydroxyl groups is 1. The Hall–Kier alpha value is -1.31. The number of imide groups is 1. The second kappa shape index (κ2) is 6.64. The first-order valence-electron chi connectivity index (χ1n) is 7.64. The normalized spacial score (nSPS) is 29.3. The van der Waals surface area contributed by atoms with Crippen LogP contribution in [-0.4, -0.2) is 59.1 Å². The Bertz CT molecular complexity index is 432. The molecule has 1 unspecified atom stereocenters. The van der Waals surface area contributed by atoms with Gasteiger partial charge in [-0.05, 0) is 25.8 Å². The van der Waals surface area contributed by atoms with Crippen molar-refractivity contribution in [2.24, 2.45) is 5.73 Å². The van der Waals surface area contributed by atoms with E-state index in [1.807, 2.05) is 0 Å². The number of hydrogen-bond donors (Lipinski definition) is 3. The first-order chi connectivity index (χ1) is 10.0. The number of unbranched alkanes of at least 4 members (excludes halogenated alkanes) is 1. The molecule has 21 heavy (non-hydrogen) atoms. The molecule has 2 rings (SSSR count). The van der Waals surface area contributed by atoms with Gasteiger partial charge in [0.15, 0.2) is 6.10 Å². The molecular formula is C14H24N3O4+. The molecule has 3 amide bonds. The predicted octanol–water partition coefficient (Wildman–Crippen LogP) is -0.971. The van der Waals surface area contributed by atoms with Crippen molar-refractivity contribution in [3.05, 3.63) is 0 Å². The molecule has 2 fully saturated rings. The zero-order valence-electron chi connectivity index (χ0n) is 12.2. The van der Waals surface area contributed by atoms with Crippen LogP contribution in [0, 0.1) is 0 Å². The average Bonchev–Trinajstić information content (AvgIpc) is 2.94. The summed E-state index contributed by atoms with van der Waals surface area (Å²) in [6.07, 6.45) is 1.91. The van der Waals surface area contributed by atoms with Gasteiger partial charge >= 0.3 is 11.8 Å². The summed E-state index contributed by atoms with van der Waals surface area (Å²) in [6, 6.07) is -0.654. The fourth-order valence-electron chi connectivity index (χ4n) is 3.27. The Morgan fingerprint density at radius 1 is 1.14 bits per heavy atom. The molecular weight excluding hydrogens is 274 g/mol. The predicted molar refractivity (Wildman–Crippen MR) is 74.7 cm³/mol. The summed E-state index contributed by atoms with van der Waals surface area (Å²) in [5, 5.41) is 12.6. The van der Waals surface area contributed by atoms with Crippen LogP contribution in [0.1, 0.15) is 38.5 Å². The molecule has 2 atom stereocenters. The highest BCUT2D eigenvalue weighted by molar-refractivity contribution is 5.96. The highest BCUT2D eigenvalue weighted by Gasteiger charge is 2.53. The minimum atomic E-state index is -1.39. The molecule has 7 nitrogen and oxygen atoms in total. The van der Waals surface area contributed by atoms with Crippen LogP contribution >= 0.6 is 0 Å². The van der Waals surface area contributed by atoms with Gasteiger partial charge in [-0.25, -0.2) is 9.59 Å². The van der Waals surface area contributed by atoms with Crippen LogP contribution in [0.3, 0.4) is 0 Å². The summed E-state index contributed by atoms with van der Waals surface area (Å²) in [5.74, 6) is -1.24. The lowest BCUT2D eigenvalue weighted by Gasteiger charge is -2.35. The van der Waals surface area contributed by atoms with Crippen LogP contribution in [0.5, 0.6) is 0 Å². The Balaban J connectivity index is 2.23. The van der Waals surface area contributed by atoms with E-state index in [0.29, 0.717) is 26.1 Å². The molecule has 2 heterocycles. The van der Waals surface area contributed by atoms with Gasteiger partial charge in [0.25, 0.3) is 0 Å². The molecule has 0 saturated carbocycles. The fourth-order valence-corrected chi connectivity index (χ4v) is 3.27. The third-order valence-corrected chi connectivity index (χ3v) is 4.42. The second-order valence-electron chi connectivity index (χ2n) is 5.92. The zero-order chi connectivity index (χ0) is 15.5. The Kier molecular flexibility index (Phi) is 5.08. The van der Waals surface area contributed by atoms with Crippen molar-refractivity contribution in [1.82, 2.24) is 5.32 Å². The van der Waals surface area contributed by atoms with Gasteiger partial charge in [0.05, 0.1) is 19.5 Å². The van der Waals surface area contributed by atoms with E-state index in [1.165, 1.54) is 0 Å². The van der Waals surface area contributed by atoms with Crippen molar-refractivity contribution in [1.29, 1.82) is 0 Å². The van der Waals surface area contributed by atoms with Gasteiger partial charge < -0.3 is 16.2 Å². The van der Waals surface area contributed by atoms with E-state index >= 15 is 0 Å². The van der Waals surface area contributed by atoms with Gasteiger partial charge in [-0.2, -0.15) is 4.48 Å². The minimum absolute atomic E-state index is 0.264. The van der Waals surface area contributed by atoms with E-state index in [2.05, 4.69) is 5.32 Å². The number of carbonyl (C=O) groups is 3. The lowest BCUT2D eigenvalue weighted by atomic mass is 10.0. The second-order valence-corrected chi connectivity index (χ2v) is 5.92. The van der Waals surface area contributed by atoms with E-state index < -0.39 is 24.0 Å². The Morgan fingerprint density at radius 2 is 1.81 bits per heavy atom. The SMILES string of the molecule is NCCCC[C@@H]1NC(=O)CC(O)C(=O)[N+]2(CCCC2)C1=O. The topological polar surface area (TPSA) is 109 Å². The van der Waals surface area contributed by atoms with Gasteiger partial charge in [0.2, 0.25) is 5.91 Å². The molecule has 118 valence electrons. The number of nitrogens with two attached hydrogens (primary N) is 1. The van der Waals surface area contributed by atoms with E-state index in [4.69, 9.17) is 5.73 Å². The van der Waals surface area contributed by atoms with E-state index in [0.717, 1.165) is 25.7 Å². The van der Waals surface area contributed by atoms with Gasteiger partial charge in [-0.1, -0.05) is 0 Å². The number of aliphatic hydroxyl groups excluding tert-OH is 1. The van der Waals surface area contributed by atoms with Gasteiger partial charge in [0, 0.05) is 12.8 Å². The molecule has 0 bridgehead atoms. The lowest BCUT2D eigenvalue weighted by molar-refractivity contribution is -0.768. The summed E-state index contributed by atoms with van der Waals surface area (Å²) in [6.45, 7) is 1.39. The van der Waals surface area contributed by atoms with Crippen LogP contribution in [-0.2, 0) is 14.4 Å². The van der Waals surface area contributed by atoms with Crippen molar-refractivity contribution < 1.29 is 24.0 Å². The molecule has 0 aromatic heterocycles. The summed E-state index contributed by atoms with van der Waals surface area (Å²) in [7, 11) is 0. The lowest BCUT2D eigenvalue weighted by Crippen LogP contribution is -2.66. The number of amides is 3. The van der Waals surface area contributed by atoms with Crippen LogP contribution in [0.25, 0.3) is 0 Å². The molecule has 2 saturated heterocycles. The molecule has 2 aliphatic heterocycles. The number of quaternary nitrogens is 1. The smallest absolute Gasteiger partial charge is 0.350 e. The van der Waals surface area contributed by atoms with Crippen LogP contribution in [0.15, 0.2) is 0 Å². The van der Waals surface area contributed by atoms with Gasteiger partial charge in [-0.3, -0.25) is 4.79 Å². The van der Waals surface area contributed by atoms with E-state index in [1.54, 1.807) is 0 Å². The van der Waals surface area contributed by atoms with Crippen molar-refractivity contribution in [2.75, 3.05) is 19.6 Å². The largest absolute Gasteiger partial charge is 0.379 e. The molecule has 0 aromatic carbocycles. The van der Waals surface area contributed by atoms with Crippen molar-refractivity contribution in [3.63, 3.8) is 0 Å². The monoisotopic (exact) mass is 298 g/mol. The van der Waals surface area contributed by atoms with Crippen LogP contribution in [0.4, 0.5) is 0 Å². The van der Waals surface area contributed by atoms with Crippen molar-refractivity contribution in [2.45, 2.75) is 50.7 Å². The minimum Gasteiger partial charge on any atom is -0.379 e. The summed E-state index contributed by atoms with van der Waals surface area (Å²) >= 11 is 0. The summed E-state index contributed by atoms with van der Waals surface area (Å²) in [5.41, 5.74) is 5.45. The van der Waals surface area contributed by atoms with Crippen molar-refractivity contribution >= 4 is 17.7 Å². The van der Waals surface area contributed by atoms with Gasteiger partial charge in [0.1, 0.15) is 6.04 Å². The maximum Gasteiger partial charge on any atom is 0.350 e. The zero-order valence-corrected chi connectivity index (χ0v) is 12.2. The Morgan fingerprint density at radius 3 is 2.43 bits per heavy atom. The molecule has 1 spiro atoms. The Labute approximate surface area is 124 Å². The summed E-state index contributed by atoms with van der Waals surface area (Å²) in [4.78, 5) is 37.0. The number of carbonyl (C=O) groups excluding carboxylic acids is 3. The molecule has 0 radical (unpaired) electrons. The first-order valence-corrected chi connectivity index (χ1v) is 7.64. The number of nitrogens with zero attached hydrogens (tertiary/aromatic N) is 1. The standard InChI is InChI=1S/C14H23N3O4/c15-6-2-1-5-10-13(20)17(7-3-4-8-17)14(21)11(18)9-12(19)16-10/h10-11,18H,1-9,15H2/p+1/t10-,11?/m0/s1. The average molecular weight is 298 g/mol. The highest BCUT2D eigenvalue weighted by Crippen LogP contribution is 2.26. The third kappa shape index (κ3) is 3.14. The molecule has 0 aromatic rings. The summed E-state index contributed by atoms with van der Waals surface area (Å²) < 4.78 is -0.311. The number of hydrogen-bond acceptors (Lipinski definition) is 5. The fraction of sp³-hybridized carbons (Fsp3) is 0.786. The third-order valence-electron chi connectivity index (χ3n) is 4.42. The van der Waals surface area contributed by atoms with Gasteiger partial charge in [-0.15, -0.1) is 0 Å². The quantitative estimate of drug-likeness (QED) is 0.351. The molecule has 7 heteroatoms. The number of rotatable bonds is 4. The molecule has 0 aliphatic carbocycles. The highest BCUT2D eigenvalue weighted by atomic mass is 16.3. The molecule has 4 N–H and O–H groups in total. The molecule has 2 aliphatic rings. The maximum absolute atomic E-state index is 12.8. The van der Waals surface area contributed by atoms with E-state index in [9.17, 15) is 19.5 Å².